The molecular weight excluding hydrogens is 400 g/mol. The van der Waals surface area contributed by atoms with Gasteiger partial charge in [-0.15, -0.1) is 0 Å². The Morgan fingerprint density at radius 1 is 0.969 bits per heavy atom. The number of amides is 2. The lowest BCUT2D eigenvalue weighted by Gasteiger charge is -2.25. The molecule has 6 heteroatoms. The monoisotopic (exact) mass is 434 g/mol. The highest BCUT2D eigenvalue weighted by Gasteiger charge is 2.17. The van der Waals surface area contributed by atoms with Gasteiger partial charge in [-0.25, -0.2) is 4.79 Å². The minimum atomic E-state index is -0.198. The molecule has 0 aliphatic rings. The predicted octanol–water partition coefficient (Wildman–Crippen LogP) is 4.91. The van der Waals surface area contributed by atoms with Crippen LogP contribution in [0.2, 0.25) is 0 Å². The summed E-state index contributed by atoms with van der Waals surface area (Å²) >= 11 is 0. The van der Waals surface area contributed by atoms with Crippen molar-refractivity contribution in [2.24, 2.45) is 0 Å². The highest BCUT2D eigenvalue weighted by atomic mass is 16.2. The summed E-state index contributed by atoms with van der Waals surface area (Å²) in [6.07, 6.45) is 0.841. The number of nitrogens with zero attached hydrogens (tertiary/aromatic N) is 2. The molecule has 0 aliphatic carbocycles. The Bertz CT molecular complexity index is 1100. The van der Waals surface area contributed by atoms with Gasteiger partial charge in [-0.3, -0.25) is 4.79 Å². The molecule has 0 spiro atoms. The van der Waals surface area contributed by atoms with Crippen molar-refractivity contribution in [3.63, 3.8) is 0 Å². The number of aromatic nitrogens is 1. The highest BCUT2D eigenvalue weighted by Crippen LogP contribution is 2.20. The summed E-state index contributed by atoms with van der Waals surface area (Å²) < 4.78 is 0. The molecule has 170 valence electrons. The fourth-order valence-corrected chi connectivity index (χ4v) is 3.94. The van der Waals surface area contributed by atoms with Crippen LogP contribution in [0.3, 0.4) is 0 Å². The summed E-state index contributed by atoms with van der Waals surface area (Å²) in [4.78, 5) is 33.1. The van der Waals surface area contributed by atoms with E-state index in [0.717, 1.165) is 53.8 Å². The molecule has 0 unspecified atom stereocenters. The van der Waals surface area contributed by atoms with Crippen LogP contribution in [-0.4, -0.2) is 47.0 Å². The minimum absolute atomic E-state index is 0.146. The van der Waals surface area contributed by atoms with Crippen molar-refractivity contribution in [1.82, 2.24) is 14.8 Å². The number of hydrogen-bond donors (Lipinski definition) is 2. The summed E-state index contributed by atoms with van der Waals surface area (Å²) in [7, 11) is 0. The number of pyridine rings is 1. The first-order valence-corrected chi connectivity index (χ1v) is 11.4. The third-order valence-electron chi connectivity index (χ3n) is 5.99. The van der Waals surface area contributed by atoms with E-state index in [2.05, 4.69) is 35.1 Å². The zero-order chi connectivity index (χ0) is 23.1. The van der Waals surface area contributed by atoms with Crippen LogP contribution in [-0.2, 0) is 6.54 Å². The molecule has 1 aromatic heterocycles. The SMILES string of the molecule is CCN(CC)CCCN(Cc1cc2c(C)ccc(C)c2[nH]c1=O)C(=O)Nc1ccccc1. The molecule has 0 radical (unpaired) electrons. The maximum atomic E-state index is 13.1. The molecule has 0 aliphatic heterocycles. The second-order valence-electron chi connectivity index (χ2n) is 8.21. The number of anilines is 1. The van der Waals surface area contributed by atoms with E-state index in [0.29, 0.717) is 12.1 Å². The van der Waals surface area contributed by atoms with Crippen molar-refractivity contribution in [3.8, 4) is 0 Å². The zero-order valence-electron chi connectivity index (χ0n) is 19.6. The molecule has 0 saturated heterocycles. The molecule has 2 aromatic carbocycles. The van der Waals surface area contributed by atoms with Gasteiger partial charge in [0.15, 0.2) is 0 Å². The molecule has 3 rings (SSSR count). The fraction of sp³-hybridized carbons (Fsp3) is 0.385. The number of hydrogen-bond acceptors (Lipinski definition) is 3. The van der Waals surface area contributed by atoms with Crippen LogP contribution in [0.25, 0.3) is 10.9 Å². The van der Waals surface area contributed by atoms with Crippen molar-refractivity contribution in [1.29, 1.82) is 0 Å². The van der Waals surface area contributed by atoms with E-state index >= 15 is 0 Å². The fourth-order valence-electron chi connectivity index (χ4n) is 3.94. The van der Waals surface area contributed by atoms with E-state index in [-0.39, 0.29) is 18.1 Å². The van der Waals surface area contributed by atoms with Gasteiger partial charge < -0.3 is 20.1 Å². The number of fused-ring (bicyclic) bond motifs is 1. The average molecular weight is 435 g/mol. The standard InChI is InChI=1S/C26H34N4O2/c1-5-29(6-2)15-10-16-30(26(32)27-22-11-8-7-9-12-22)18-21-17-23-19(3)13-14-20(4)24(23)28-25(21)31/h7-9,11-14,17H,5-6,10,15-16,18H2,1-4H3,(H,27,32)(H,28,31). The summed E-state index contributed by atoms with van der Waals surface area (Å²) in [6.45, 7) is 12.0. The largest absolute Gasteiger partial charge is 0.322 e. The van der Waals surface area contributed by atoms with Gasteiger partial charge in [0, 0.05) is 23.2 Å². The first kappa shape index (κ1) is 23.5. The van der Waals surface area contributed by atoms with Gasteiger partial charge >= 0.3 is 6.03 Å². The van der Waals surface area contributed by atoms with Crippen LogP contribution in [0.5, 0.6) is 0 Å². The molecule has 0 bridgehead atoms. The summed E-state index contributed by atoms with van der Waals surface area (Å²) in [5.41, 5.74) is 4.19. The summed E-state index contributed by atoms with van der Waals surface area (Å²) in [6, 6.07) is 15.2. The Labute approximate surface area is 190 Å². The lowest BCUT2D eigenvalue weighted by Crippen LogP contribution is -2.38. The maximum Gasteiger partial charge on any atom is 0.322 e. The number of nitrogens with one attached hydrogen (secondary N) is 2. The summed E-state index contributed by atoms with van der Waals surface area (Å²) in [5, 5.41) is 3.99. The first-order valence-electron chi connectivity index (χ1n) is 11.4. The second-order valence-corrected chi connectivity index (χ2v) is 8.21. The Morgan fingerprint density at radius 3 is 2.34 bits per heavy atom. The number of aryl methyl sites for hydroxylation is 2. The van der Waals surface area contributed by atoms with Crippen molar-refractivity contribution in [3.05, 3.63) is 75.6 Å². The molecular formula is C26H34N4O2. The second kappa shape index (κ2) is 11.0. The van der Waals surface area contributed by atoms with Crippen molar-refractivity contribution >= 4 is 22.6 Å². The molecule has 0 saturated carbocycles. The molecule has 6 nitrogen and oxygen atoms in total. The minimum Gasteiger partial charge on any atom is -0.321 e. The Hall–Kier alpha value is -3.12. The van der Waals surface area contributed by atoms with Gasteiger partial charge in [0.1, 0.15) is 0 Å². The van der Waals surface area contributed by atoms with Crippen LogP contribution in [0, 0.1) is 13.8 Å². The Balaban J connectivity index is 1.85. The molecule has 32 heavy (non-hydrogen) atoms. The van der Waals surface area contributed by atoms with Crippen molar-refractivity contribution < 1.29 is 4.79 Å². The first-order chi connectivity index (χ1) is 15.4. The van der Waals surface area contributed by atoms with Crippen LogP contribution in [0.4, 0.5) is 10.5 Å². The molecule has 0 fully saturated rings. The van der Waals surface area contributed by atoms with Gasteiger partial charge in [0.05, 0.1) is 12.1 Å². The maximum absolute atomic E-state index is 13.1. The highest BCUT2D eigenvalue weighted by molar-refractivity contribution is 5.89. The van der Waals surface area contributed by atoms with E-state index in [1.807, 2.05) is 56.3 Å². The van der Waals surface area contributed by atoms with E-state index < -0.39 is 0 Å². The number of benzene rings is 2. The smallest absolute Gasteiger partial charge is 0.321 e. The average Bonchev–Trinajstić information content (AvgIpc) is 2.80. The zero-order valence-corrected chi connectivity index (χ0v) is 19.6. The third-order valence-corrected chi connectivity index (χ3v) is 5.99. The van der Waals surface area contributed by atoms with E-state index in [9.17, 15) is 9.59 Å². The topological polar surface area (TPSA) is 68.4 Å². The normalized spacial score (nSPS) is 11.2. The van der Waals surface area contributed by atoms with Crippen molar-refractivity contribution in [2.45, 2.75) is 40.7 Å². The number of carbonyl (C=O) groups excluding carboxylic acids is 1. The van der Waals surface area contributed by atoms with Gasteiger partial charge in [0.2, 0.25) is 0 Å². The van der Waals surface area contributed by atoms with Crippen LogP contribution < -0.4 is 10.9 Å². The third kappa shape index (κ3) is 5.77. The Kier molecular flexibility index (Phi) is 8.06. The molecule has 3 aromatic rings. The van der Waals surface area contributed by atoms with E-state index in [1.165, 1.54) is 0 Å². The number of para-hydroxylation sites is 1. The van der Waals surface area contributed by atoms with Gasteiger partial charge in [-0.1, -0.05) is 44.2 Å². The van der Waals surface area contributed by atoms with Gasteiger partial charge in [-0.2, -0.15) is 0 Å². The number of urea groups is 1. The number of rotatable bonds is 9. The van der Waals surface area contributed by atoms with Gasteiger partial charge in [-0.05, 0) is 69.2 Å². The quantitative estimate of drug-likeness (QED) is 0.503. The lowest BCUT2D eigenvalue weighted by molar-refractivity contribution is 0.202. The summed E-state index contributed by atoms with van der Waals surface area (Å²) in [5.74, 6) is 0. The molecule has 2 N–H and O–H groups in total. The number of aromatic amines is 1. The Morgan fingerprint density at radius 2 is 1.66 bits per heavy atom. The van der Waals surface area contributed by atoms with Crippen LogP contribution in [0.1, 0.15) is 37.0 Å². The predicted molar refractivity (Wildman–Crippen MR) is 132 cm³/mol. The van der Waals surface area contributed by atoms with Gasteiger partial charge in [0.25, 0.3) is 5.56 Å². The molecule has 0 atom stereocenters. The van der Waals surface area contributed by atoms with Crippen LogP contribution >= 0.6 is 0 Å². The van der Waals surface area contributed by atoms with Crippen LogP contribution in [0.15, 0.2) is 53.3 Å². The molecule has 2 amide bonds. The number of carbonyl (C=O) groups is 1. The van der Waals surface area contributed by atoms with E-state index in [1.54, 1.807) is 4.90 Å². The van der Waals surface area contributed by atoms with E-state index in [4.69, 9.17) is 0 Å². The molecule has 1 heterocycles. The number of H-pyrrole nitrogens is 1. The lowest BCUT2D eigenvalue weighted by atomic mass is 10.0. The van der Waals surface area contributed by atoms with Crippen molar-refractivity contribution in [2.75, 3.05) is 31.5 Å².